The Labute approximate surface area is 70.2 Å². The van der Waals surface area contributed by atoms with E-state index >= 15 is 0 Å². The molecule has 0 aliphatic carbocycles. The van der Waals surface area contributed by atoms with Crippen molar-refractivity contribution in [3.8, 4) is 0 Å². The Hall–Kier alpha value is -1.02. The molecular formula is C8H8ClNO. The van der Waals surface area contributed by atoms with Crippen LogP contribution in [0.2, 0.25) is 5.02 Å². The SMILES string of the molecule is CNC(=O)c1ccccc1Cl. The molecule has 1 amide bonds. The zero-order valence-corrected chi connectivity index (χ0v) is 6.85. The molecule has 1 N–H and O–H groups in total. The van der Waals surface area contributed by atoms with Crippen molar-refractivity contribution in [1.29, 1.82) is 0 Å². The van der Waals surface area contributed by atoms with Crippen LogP contribution in [0, 0.1) is 0 Å². The normalized spacial score (nSPS) is 9.27. The zero-order chi connectivity index (χ0) is 8.27. The third-order valence-corrected chi connectivity index (χ3v) is 1.68. The Morgan fingerprint density at radius 2 is 2.09 bits per heavy atom. The first kappa shape index (κ1) is 8.08. The summed E-state index contributed by atoms with van der Waals surface area (Å²) in [6.45, 7) is 0. The van der Waals surface area contributed by atoms with Gasteiger partial charge >= 0.3 is 0 Å². The highest BCUT2D eigenvalue weighted by Gasteiger charge is 2.05. The van der Waals surface area contributed by atoms with Crippen molar-refractivity contribution in [1.82, 2.24) is 5.32 Å². The van der Waals surface area contributed by atoms with Gasteiger partial charge in [-0.25, -0.2) is 0 Å². The summed E-state index contributed by atoms with van der Waals surface area (Å²) in [5.41, 5.74) is 0.511. The van der Waals surface area contributed by atoms with Crippen LogP contribution in [0.25, 0.3) is 0 Å². The number of carbonyl (C=O) groups is 1. The van der Waals surface area contributed by atoms with Crippen LogP contribution in [0.1, 0.15) is 10.4 Å². The van der Waals surface area contributed by atoms with Crippen molar-refractivity contribution >= 4 is 17.5 Å². The third-order valence-electron chi connectivity index (χ3n) is 1.35. The molecule has 0 spiro atoms. The maximum absolute atomic E-state index is 11.0. The molecule has 58 valence electrons. The molecule has 0 heterocycles. The predicted molar refractivity (Wildman–Crippen MR) is 44.8 cm³/mol. The van der Waals surface area contributed by atoms with Gasteiger partial charge in [-0.15, -0.1) is 0 Å². The van der Waals surface area contributed by atoms with Crippen molar-refractivity contribution in [2.24, 2.45) is 0 Å². The van der Waals surface area contributed by atoms with Crippen molar-refractivity contribution in [2.45, 2.75) is 0 Å². The van der Waals surface area contributed by atoms with E-state index in [2.05, 4.69) is 5.32 Å². The molecule has 0 unspecified atom stereocenters. The lowest BCUT2D eigenvalue weighted by atomic mass is 10.2. The van der Waals surface area contributed by atoms with Crippen molar-refractivity contribution in [3.63, 3.8) is 0 Å². The highest BCUT2D eigenvalue weighted by atomic mass is 35.5. The molecule has 0 saturated heterocycles. The zero-order valence-electron chi connectivity index (χ0n) is 6.10. The molecule has 0 atom stereocenters. The van der Waals surface area contributed by atoms with Gasteiger partial charge in [-0.05, 0) is 12.1 Å². The van der Waals surface area contributed by atoms with E-state index in [1.165, 1.54) is 0 Å². The molecule has 0 fully saturated rings. The van der Waals surface area contributed by atoms with Crippen LogP contribution in [0.3, 0.4) is 0 Å². The second-order valence-corrected chi connectivity index (χ2v) is 2.47. The van der Waals surface area contributed by atoms with Gasteiger partial charge in [0.05, 0.1) is 10.6 Å². The first-order valence-electron chi connectivity index (χ1n) is 3.22. The molecule has 2 nitrogen and oxygen atoms in total. The second-order valence-electron chi connectivity index (χ2n) is 2.06. The number of halogens is 1. The topological polar surface area (TPSA) is 29.1 Å². The van der Waals surface area contributed by atoms with E-state index in [1.807, 2.05) is 0 Å². The molecular weight excluding hydrogens is 162 g/mol. The number of hydrogen-bond acceptors (Lipinski definition) is 1. The summed E-state index contributed by atoms with van der Waals surface area (Å²) in [5.74, 6) is -0.157. The van der Waals surface area contributed by atoms with E-state index in [-0.39, 0.29) is 5.91 Å². The van der Waals surface area contributed by atoms with Crippen LogP contribution in [0.4, 0.5) is 0 Å². The fraction of sp³-hybridized carbons (Fsp3) is 0.125. The van der Waals surface area contributed by atoms with Crippen LogP contribution in [-0.4, -0.2) is 13.0 Å². The molecule has 3 heteroatoms. The average Bonchev–Trinajstić information content (AvgIpc) is 2.04. The molecule has 0 aliphatic heterocycles. The van der Waals surface area contributed by atoms with Gasteiger partial charge in [-0.2, -0.15) is 0 Å². The second kappa shape index (κ2) is 3.39. The quantitative estimate of drug-likeness (QED) is 0.681. The lowest BCUT2D eigenvalue weighted by molar-refractivity contribution is 0.0963. The molecule has 0 radical (unpaired) electrons. The van der Waals surface area contributed by atoms with Crippen molar-refractivity contribution in [2.75, 3.05) is 7.05 Å². The van der Waals surface area contributed by atoms with Gasteiger partial charge in [-0.1, -0.05) is 23.7 Å². The number of rotatable bonds is 1. The van der Waals surface area contributed by atoms with Crippen molar-refractivity contribution < 1.29 is 4.79 Å². The standard InChI is InChI=1S/C8H8ClNO/c1-10-8(11)6-4-2-3-5-7(6)9/h2-5H,1H3,(H,10,11). The van der Waals surface area contributed by atoms with Gasteiger partial charge in [0.1, 0.15) is 0 Å². The van der Waals surface area contributed by atoms with Crippen LogP contribution in [-0.2, 0) is 0 Å². The Morgan fingerprint density at radius 3 is 2.64 bits per heavy atom. The minimum absolute atomic E-state index is 0.157. The van der Waals surface area contributed by atoms with Gasteiger partial charge in [-0.3, -0.25) is 4.79 Å². The van der Waals surface area contributed by atoms with E-state index in [9.17, 15) is 4.79 Å². The third kappa shape index (κ3) is 1.71. The smallest absolute Gasteiger partial charge is 0.252 e. The number of amides is 1. The highest BCUT2D eigenvalue weighted by molar-refractivity contribution is 6.33. The lowest BCUT2D eigenvalue weighted by Gasteiger charge is -2.00. The Balaban J connectivity index is 3.03. The van der Waals surface area contributed by atoms with Gasteiger partial charge in [0.2, 0.25) is 0 Å². The van der Waals surface area contributed by atoms with E-state index < -0.39 is 0 Å². The Bertz CT molecular complexity index is 273. The van der Waals surface area contributed by atoms with E-state index in [1.54, 1.807) is 31.3 Å². The van der Waals surface area contributed by atoms with E-state index in [4.69, 9.17) is 11.6 Å². The number of benzene rings is 1. The van der Waals surface area contributed by atoms with Gasteiger partial charge in [0.15, 0.2) is 0 Å². The minimum atomic E-state index is -0.157. The summed E-state index contributed by atoms with van der Waals surface area (Å²) in [7, 11) is 1.58. The largest absolute Gasteiger partial charge is 0.355 e. The van der Waals surface area contributed by atoms with Crippen molar-refractivity contribution in [3.05, 3.63) is 34.9 Å². The summed E-state index contributed by atoms with van der Waals surface area (Å²) >= 11 is 5.74. The molecule has 1 aromatic rings. The maximum atomic E-state index is 11.0. The molecule has 11 heavy (non-hydrogen) atoms. The predicted octanol–water partition coefficient (Wildman–Crippen LogP) is 1.70. The number of nitrogens with one attached hydrogen (secondary N) is 1. The summed E-state index contributed by atoms with van der Waals surface area (Å²) in [4.78, 5) is 11.0. The summed E-state index contributed by atoms with van der Waals surface area (Å²) in [6.07, 6.45) is 0. The fourth-order valence-electron chi connectivity index (χ4n) is 0.780. The average molecular weight is 170 g/mol. The summed E-state index contributed by atoms with van der Waals surface area (Å²) in [6, 6.07) is 6.93. The lowest BCUT2D eigenvalue weighted by Crippen LogP contribution is -2.17. The first-order chi connectivity index (χ1) is 5.25. The van der Waals surface area contributed by atoms with Crippen LogP contribution in [0.15, 0.2) is 24.3 Å². The fourth-order valence-corrected chi connectivity index (χ4v) is 1.00. The van der Waals surface area contributed by atoms with Gasteiger partial charge in [0.25, 0.3) is 5.91 Å². The van der Waals surface area contributed by atoms with Gasteiger partial charge in [0, 0.05) is 7.05 Å². The molecule has 0 saturated carbocycles. The monoisotopic (exact) mass is 169 g/mol. The number of hydrogen-bond donors (Lipinski definition) is 1. The van der Waals surface area contributed by atoms with E-state index in [0.717, 1.165) is 0 Å². The summed E-state index contributed by atoms with van der Waals surface area (Å²) < 4.78 is 0. The first-order valence-corrected chi connectivity index (χ1v) is 3.60. The molecule has 0 aliphatic rings. The Kier molecular flexibility index (Phi) is 2.49. The molecule has 1 aromatic carbocycles. The minimum Gasteiger partial charge on any atom is -0.355 e. The van der Waals surface area contributed by atoms with Crippen LogP contribution in [0.5, 0.6) is 0 Å². The Morgan fingerprint density at radius 1 is 1.45 bits per heavy atom. The van der Waals surface area contributed by atoms with Crippen LogP contribution >= 0.6 is 11.6 Å². The van der Waals surface area contributed by atoms with E-state index in [0.29, 0.717) is 10.6 Å². The maximum Gasteiger partial charge on any atom is 0.252 e. The highest BCUT2D eigenvalue weighted by Crippen LogP contribution is 2.13. The molecule has 0 bridgehead atoms. The van der Waals surface area contributed by atoms with Gasteiger partial charge < -0.3 is 5.32 Å². The number of carbonyl (C=O) groups excluding carboxylic acids is 1. The molecule has 1 rings (SSSR count). The molecule has 0 aromatic heterocycles. The van der Waals surface area contributed by atoms with Crippen LogP contribution < -0.4 is 5.32 Å². The summed E-state index contributed by atoms with van der Waals surface area (Å²) in [5, 5.41) is 2.98.